The smallest absolute Gasteiger partial charge is 0.138 e. The maximum Gasteiger partial charge on any atom is 0.138 e. The van der Waals surface area contributed by atoms with Gasteiger partial charge in [-0.3, -0.25) is 0 Å². The van der Waals surface area contributed by atoms with Gasteiger partial charge in [0.15, 0.2) is 0 Å². The summed E-state index contributed by atoms with van der Waals surface area (Å²) in [7, 11) is 0. The van der Waals surface area contributed by atoms with Crippen molar-refractivity contribution < 1.29 is 0 Å². The molecule has 2 heteroatoms. The molecule has 2 nitrogen and oxygen atoms in total. The second-order valence-electron chi connectivity index (χ2n) is 4.44. The number of H-pyrrole nitrogens is 1. The SMILES string of the molecule is Cc1ccc(-c2ccnc3[nH]c(C)cc23)cc1. The minimum Gasteiger partial charge on any atom is -0.344 e. The van der Waals surface area contributed by atoms with Gasteiger partial charge in [-0.25, -0.2) is 4.98 Å². The summed E-state index contributed by atoms with van der Waals surface area (Å²) < 4.78 is 0. The molecule has 0 atom stereocenters. The lowest BCUT2D eigenvalue weighted by Crippen LogP contribution is -1.82. The second-order valence-corrected chi connectivity index (χ2v) is 4.44. The lowest BCUT2D eigenvalue weighted by Gasteiger charge is -2.03. The van der Waals surface area contributed by atoms with Crippen LogP contribution >= 0.6 is 0 Å². The first-order valence-corrected chi connectivity index (χ1v) is 5.75. The summed E-state index contributed by atoms with van der Waals surface area (Å²) in [5.41, 5.74) is 5.86. The number of hydrogen-bond donors (Lipinski definition) is 1. The topological polar surface area (TPSA) is 28.7 Å². The van der Waals surface area contributed by atoms with Gasteiger partial charge in [0.05, 0.1) is 0 Å². The van der Waals surface area contributed by atoms with E-state index in [1.807, 2.05) is 6.20 Å². The van der Waals surface area contributed by atoms with Crippen LogP contribution in [0.15, 0.2) is 42.6 Å². The highest BCUT2D eigenvalue weighted by molar-refractivity contribution is 5.93. The molecule has 1 aromatic carbocycles. The molecule has 17 heavy (non-hydrogen) atoms. The van der Waals surface area contributed by atoms with Crippen molar-refractivity contribution in [2.45, 2.75) is 13.8 Å². The quantitative estimate of drug-likeness (QED) is 0.665. The van der Waals surface area contributed by atoms with E-state index in [9.17, 15) is 0 Å². The van der Waals surface area contributed by atoms with Crippen molar-refractivity contribution in [3.05, 3.63) is 53.9 Å². The number of aromatic nitrogens is 2. The molecule has 0 aliphatic carbocycles. The summed E-state index contributed by atoms with van der Waals surface area (Å²) in [5.74, 6) is 0. The zero-order chi connectivity index (χ0) is 11.8. The number of nitrogens with one attached hydrogen (secondary N) is 1. The van der Waals surface area contributed by atoms with Gasteiger partial charge < -0.3 is 4.98 Å². The van der Waals surface area contributed by atoms with E-state index in [0.29, 0.717) is 0 Å². The Balaban J connectivity index is 2.26. The number of aryl methyl sites for hydroxylation is 2. The zero-order valence-corrected chi connectivity index (χ0v) is 9.99. The van der Waals surface area contributed by atoms with Gasteiger partial charge in [-0.2, -0.15) is 0 Å². The van der Waals surface area contributed by atoms with Crippen molar-refractivity contribution in [2.75, 3.05) is 0 Å². The average molecular weight is 222 g/mol. The number of benzene rings is 1. The number of nitrogens with zero attached hydrogens (tertiary/aromatic N) is 1. The second kappa shape index (κ2) is 3.74. The van der Waals surface area contributed by atoms with Crippen molar-refractivity contribution in [3.63, 3.8) is 0 Å². The van der Waals surface area contributed by atoms with Crippen LogP contribution in [0.1, 0.15) is 11.3 Å². The van der Waals surface area contributed by atoms with Gasteiger partial charge in [0.2, 0.25) is 0 Å². The summed E-state index contributed by atoms with van der Waals surface area (Å²) >= 11 is 0. The van der Waals surface area contributed by atoms with Crippen LogP contribution in [0.2, 0.25) is 0 Å². The monoisotopic (exact) mass is 222 g/mol. The maximum absolute atomic E-state index is 4.35. The number of pyridine rings is 1. The third-order valence-electron chi connectivity index (χ3n) is 3.03. The van der Waals surface area contributed by atoms with Crippen LogP contribution in [0.25, 0.3) is 22.2 Å². The predicted octanol–water partition coefficient (Wildman–Crippen LogP) is 3.85. The molecule has 0 saturated carbocycles. The fourth-order valence-corrected chi connectivity index (χ4v) is 2.14. The zero-order valence-electron chi connectivity index (χ0n) is 9.99. The van der Waals surface area contributed by atoms with E-state index in [0.717, 1.165) is 11.3 Å². The molecular weight excluding hydrogens is 208 g/mol. The Morgan fingerprint density at radius 1 is 1.00 bits per heavy atom. The van der Waals surface area contributed by atoms with Crippen LogP contribution in [0.4, 0.5) is 0 Å². The standard InChI is InChI=1S/C15H14N2/c1-10-3-5-12(6-4-10)13-7-8-16-15-14(13)9-11(2)17-15/h3-9H,1-2H3,(H,16,17). The average Bonchev–Trinajstić information content (AvgIpc) is 2.70. The largest absolute Gasteiger partial charge is 0.344 e. The predicted molar refractivity (Wildman–Crippen MR) is 71.0 cm³/mol. The third-order valence-corrected chi connectivity index (χ3v) is 3.03. The van der Waals surface area contributed by atoms with Gasteiger partial charge in [0.1, 0.15) is 5.65 Å². The number of aromatic amines is 1. The Morgan fingerprint density at radius 2 is 1.76 bits per heavy atom. The molecule has 3 rings (SSSR count). The normalized spacial score (nSPS) is 10.9. The first kappa shape index (κ1) is 10.1. The molecule has 84 valence electrons. The van der Waals surface area contributed by atoms with Gasteiger partial charge in [-0.15, -0.1) is 0 Å². The van der Waals surface area contributed by atoms with Gasteiger partial charge in [0, 0.05) is 17.3 Å². The van der Waals surface area contributed by atoms with Crippen LogP contribution in [-0.2, 0) is 0 Å². The maximum atomic E-state index is 4.35. The highest BCUT2D eigenvalue weighted by atomic mass is 14.8. The molecule has 1 N–H and O–H groups in total. The molecule has 0 fully saturated rings. The Bertz CT molecular complexity index is 663. The molecule has 0 amide bonds. The highest BCUT2D eigenvalue weighted by Crippen LogP contribution is 2.27. The van der Waals surface area contributed by atoms with E-state index in [4.69, 9.17) is 0 Å². The molecule has 0 aliphatic rings. The lowest BCUT2D eigenvalue weighted by molar-refractivity contribution is 1.25. The van der Waals surface area contributed by atoms with Crippen molar-refractivity contribution >= 4 is 11.0 Å². The summed E-state index contributed by atoms with van der Waals surface area (Å²) in [6.45, 7) is 4.16. The molecule has 2 heterocycles. The van der Waals surface area contributed by atoms with Crippen LogP contribution in [-0.4, -0.2) is 9.97 Å². The number of rotatable bonds is 1. The van der Waals surface area contributed by atoms with Crippen LogP contribution < -0.4 is 0 Å². The van der Waals surface area contributed by atoms with E-state index in [1.54, 1.807) is 0 Å². The van der Waals surface area contributed by atoms with Crippen LogP contribution in [0, 0.1) is 13.8 Å². The molecule has 2 aromatic heterocycles. The van der Waals surface area contributed by atoms with Gasteiger partial charge in [-0.05, 0) is 37.1 Å². The highest BCUT2D eigenvalue weighted by Gasteiger charge is 2.06. The number of fused-ring (bicyclic) bond motifs is 1. The van der Waals surface area contributed by atoms with Gasteiger partial charge in [-0.1, -0.05) is 29.8 Å². The minimum absolute atomic E-state index is 0.959. The summed E-state index contributed by atoms with van der Waals surface area (Å²) in [6, 6.07) is 12.8. The molecule has 0 saturated heterocycles. The van der Waals surface area contributed by atoms with E-state index in [2.05, 4.69) is 60.2 Å². The molecule has 0 aliphatic heterocycles. The number of hydrogen-bond acceptors (Lipinski definition) is 1. The van der Waals surface area contributed by atoms with Crippen LogP contribution in [0.5, 0.6) is 0 Å². The summed E-state index contributed by atoms with van der Waals surface area (Å²) in [6.07, 6.45) is 1.85. The fraction of sp³-hybridized carbons (Fsp3) is 0.133. The van der Waals surface area contributed by atoms with E-state index < -0.39 is 0 Å². The van der Waals surface area contributed by atoms with Crippen molar-refractivity contribution in [3.8, 4) is 11.1 Å². The van der Waals surface area contributed by atoms with E-state index >= 15 is 0 Å². The summed E-state index contributed by atoms with van der Waals surface area (Å²) in [4.78, 5) is 7.62. The molecule has 3 aromatic rings. The van der Waals surface area contributed by atoms with Crippen LogP contribution in [0.3, 0.4) is 0 Å². The fourth-order valence-electron chi connectivity index (χ4n) is 2.14. The summed E-state index contributed by atoms with van der Waals surface area (Å²) in [5, 5.41) is 1.19. The van der Waals surface area contributed by atoms with E-state index in [1.165, 1.54) is 22.1 Å². The Morgan fingerprint density at radius 3 is 2.53 bits per heavy atom. The molecular formula is C15H14N2. The molecule has 0 spiro atoms. The Hall–Kier alpha value is -2.09. The van der Waals surface area contributed by atoms with Crippen molar-refractivity contribution in [1.82, 2.24) is 9.97 Å². The third kappa shape index (κ3) is 1.72. The molecule has 0 unspecified atom stereocenters. The van der Waals surface area contributed by atoms with Gasteiger partial charge >= 0.3 is 0 Å². The Kier molecular flexibility index (Phi) is 2.22. The molecule has 0 bridgehead atoms. The van der Waals surface area contributed by atoms with E-state index in [-0.39, 0.29) is 0 Å². The first-order chi connectivity index (χ1) is 8.24. The lowest BCUT2D eigenvalue weighted by atomic mass is 10.0. The molecule has 0 radical (unpaired) electrons. The first-order valence-electron chi connectivity index (χ1n) is 5.75. The van der Waals surface area contributed by atoms with Crippen molar-refractivity contribution in [1.29, 1.82) is 0 Å². The Labute approximate surface area is 100 Å². The van der Waals surface area contributed by atoms with Gasteiger partial charge in [0.25, 0.3) is 0 Å². The minimum atomic E-state index is 0.959. The van der Waals surface area contributed by atoms with Crippen molar-refractivity contribution in [2.24, 2.45) is 0 Å².